The Labute approximate surface area is 379 Å². The number of carbonyl (C=O) groups is 7. The number of amides is 6. The van der Waals surface area contributed by atoms with Crippen molar-refractivity contribution in [1.82, 2.24) is 31.5 Å². The monoisotopic (exact) mass is 894 g/mol. The number of nitrogens with zero attached hydrogens (tertiary/aromatic N) is 1. The molecule has 6 atom stereocenters. The third kappa shape index (κ3) is 13.5. The number of rotatable bonds is 21. The standard InChI is InChI=1S/C49H62N6O8S/c1-29(2)24-39(44(57)50-38(49(62)63)21-23-64-6)51-45(58)40(27-32-17-19-34-12-7-9-14-36(34)25-32)53-48(61)43(30(3)4)54-46(59)41(52-47(60)42-16-11-22-55(42)31(5)56)28-33-18-20-35-13-8-10-15-37(35)26-33/h7-10,12-15,17-20,25-26,29-30,38-43H,11,16,21-24,27-28H2,1-6H3,(H,50,57)(H,51,58)(H,52,60)(H,53,61)(H,54,59)(H,62,63)/t38-,39-,40-,41-,42-,43-/m0/s1. The van der Waals surface area contributed by atoms with Gasteiger partial charge in [0.15, 0.2) is 0 Å². The number of hydrogen-bond donors (Lipinski definition) is 6. The molecule has 4 aromatic carbocycles. The summed E-state index contributed by atoms with van der Waals surface area (Å²) in [6, 6.07) is 20.4. The summed E-state index contributed by atoms with van der Waals surface area (Å²) in [6.45, 7) is 9.10. The molecule has 0 unspecified atom stereocenters. The van der Waals surface area contributed by atoms with Gasteiger partial charge in [-0.2, -0.15) is 11.8 Å². The van der Waals surface area contributed by atoms with Crippen LogP contribution < -0.4 is 26.6 Å². The molecule has 1 heterocycles. The summed E-state index contributed by atoms with van der Waals surface area (Å²) >= 11 is 1.45. The van der Waals surface area contributed by atoms with Gasteiger partial charge in [0.05, 0.1) is 0 Å². The minimum Gasteiger partial charge on any atom is -0.480 e. The Morgan fingerprint density at radius 2 is 1.16 bits per heavy atom. The van der Waals surface area contributed by atoms with Crippen molar-refractivity contribution in [2.45, 2.75) is 109 Å². The number of fused-ring (bicyclic) bond motifs is 2. The van der Waals surface area contributed by atoms with E-state index in [1.165, 1.54) is 23.6 Å². The first-order valence-corrected chi connectivity index (χ1v) is 23.4. The van der Waals surface area contributed by atoms with Gasteiger partial charge in [-0.05, 0) is 82.2 Å². The number of likely N-dealkylation sites (tertiary alicyclic amines) is 1. The van der Waals surface area contributed by atoms with Gasteiger partial charge in [0.2, 0.25) is 35.4 Å². The van der Waals surface area contributed by atoms with E-state index in [0.717, 1.165) is 32.7 Å². The fourth-order valence-corrected chi connectivity index (χ4v) is 8.57. The second kappa shape index (κ2) is 23.1. The highest BCUT2D eigenvalue weighted by Crippen LogP contribution is 2.21. The molecule has 1 saturated heterocycles. The van der Waals surface area contributed by atoms with E-state index in [1.54, 1.807) is 13.8 Å². The summed E-state index contributed by atoms with van der Waals surface area (Å²) in [5, 5.41) is 27.7. The minimum absolute atomic E-state index is 0.0251. The Balaban J connectivity index is 1.42. The van der Waals surface area contributed by atoms with Gasteiger partial charge in [-0.25, -0.2) is 4.79 Å². The molecule has 1 fully saturated rings. The number of carbonyl (C=O) groups excluding carboxylic acids is 6. The molecule has 15 heteroatoms. The predicted molar refractivity (Wildman–Crippen MR) is 250 cm³/mol. The first-order chi connectivity index (χ1) is 30.5. The van der Waals surface area contributed by atoms with Crippen LogP contribution in [-0.4, -0.2) is 106 Å². The van der Waals surface area contributed by atoms with Gasteiger partial charge in [0, 0.05) is 26.3 Å². The summed E-state index contributed by atoms with van der Waals surface area (Å²) in [6.07, 6.45) is 3.44. The van der Waals surface area contributed by atoms with Crippen molar-refractivity contribution in [2.24, 2.45) is 11.8 Å². The topological polar surface area (TPSA) is 203 Å². The predicted octanol–water partition coefficient (Wildman–Crippen LogP) is 4.75. The maximum absolute atomic E-state index is 14.4. The average molecular weight is 895 g/mol. The molecule has 0 spiro atoms. The highest BCUT2D eigenvalue weighted by atomic mass is 32.2. The Hall–Kier alpha value is -5.96. The third-order valence-corrected chi connectivity index (χ3v) is 12.2. The number of carboxylic acids is 1. The van der Waals surface area contributed by atoms with Crippen LogP contribution >= 0.6 is 11.8 Å². The summed E-state index contributed by atoms with van der Waals surface area (Å²) in [4.78, 5) is 96.6. The van der Waals surface area contributed by atoms with Crippen LogP contribution in [0, 0.1) is 11.8 Å². The lowest BCUT2D eigenvalue weighted by atomic mass is 9.97. The summed E-state index contributed by atoms with van der Waals surface area (Å²) in [5.74, 6) is -4.54. The molecule has 0 radical (unpaired) electrons. The molecule has 342 valence electrons. The van der Waals surface area contributed by atoms with Gasteiger partial charge in [-0.15, -0.1) is 0 Å². The van der Waals surface area contributed by atoms with Crippen LogP contribution in [0.25, 0.3) is 21.5 Å². The molecular formula is C49H62N6O8S. The lowest BCUT2D eigenvalue weighted by Gasteiger charge is -2.29. The zero-order valence-electron chi connectivity index (χ0n) is 37.5. The van der Waals surface area contributed by atoms with E-state index in [4.69, 9.17) is 0 Å². The molecule has 1 aliphatic rings. The van der Waals surface area contributed by atoms with Crippen LogP contribution in [-0.2, 0) is 46.4 Å². The highest BCUT2D eigenvalue weighted by Gasteiger charge is 2.37. The largest absolute Gasteiger partial charge is 0.480 e. The molecule has 0 aromatic heterocycles. The number of nitrogens with one attached hydrogen (secondary N) is 5. The van der Waals surface area contributed by atoms with Gasteiger partial charge >= 0.3 is 5.97 Å². The van der Waals surface area contributed by atoms with E-state index in [9.17, 15) is 38.7 Å². The number of aliphatic carboxylic acids is 1. The molecule has 1 aliphatic heterocycles. The van der Waals surface area contributed by atoms with Crippen molar-refractivity contribution >= 4 is 74.7 Å². The second-order valence-electron chi connectivity index (χ2n) is 17.4. The Morgan fingerprint density at radius 1 is 0.656 bits per heavy atom. The summed E-state index contributed by atoms with van der Waals surface area (Å²) < 4.78 is 0. The van der Waals surface area contributed by atoms with E-state index in [-0.39, 0.29) is 37.5 Å². The van der Waals surface area contributed by atoms with E-state index < -0.39 is 77.7 Å². The van der Waals surface area contributed by atoms with Crippen molar-refractivity contribution < 1.29 is 38.7 Å². The molecular weight excluding hydrogens is 833 g/mol. The molecule has 64 heavy (non-hydrogen) atoms. The van der Waals surface area contributed by atoms with E-state index in [2.05, 4.69) is 26.6 Å². The lowest BCUT2D eigenvalue weighted by molar-refractivity contribution is -0.142. The van der Waals surface area contributed by atoms with Crippen LogP contribution in [0.3, 0.4) is 0 Å². The normalized spacial score (nSPS) is 16.1. The van der Waals surface area contributed by atoms with Crippen molar-refractivity contribution in [3.8, 4) is 0 Å². The quantitative estimate of drug-likeness (QED) is 0.0683. The smallest absolute Gasteiger partial charge is 0.326 e. The van der Waals surface area contributed by atoms with Crippen LogP contribution in [0.1, 0.15) is 71.4 Å². The number of benzene rings is 4. The van der Waals surface area contributed by atoms with Gasteiger partial charge in [0.1, 0.15) is 36.3 Å². The van der Waals surface area contributed by atoms with E-state index >= 15 is 0 Å². The molecule has 6 N–H and O–H groups in total. The van der Waals surface area contributed by atoms with E-state index in [1.807, 2.05) is 105 Å². The van der Waals surface area contributed by atoms with Gasteiger partial charge in [-0.3, -0.25) is 28.8 Å². The third-order valence-electron chi connectivity index (χ3n) is 11.5. The number of thioether (sulfide) groups is 1. The molecule has 0 saturated carbocycles. The molecule has 6 amide bonds. The summed E-state index contributed by atoms with van der Waals surface area (Å²) in [5.41, 5.74) is 1.49. The molecule has 14 nitrogen and oxygen atoms in total. The lowest BCUT2D eigenvalue weighted by Crippen LogP contribution is -2.61. The van der Waals surface area contributed by atoms with Crippen molar-refractivity contribution in [2.75, 3.05) is 18.6 Å². The fourth-order valence-electron chi connectivity index (χ4n) is 8.10. The van der Waals surface area contributed by atoms with Crippen molar-refractivity contribution in [3.05, 3.63) is 96.1 Å². The minimum atomic E-state index is -1.23. The van der Waals surface area contributed by atoms with Crippen molar-refractivity contribution in [1.29, 1.82) is 0 Å². The van der Waals surface area contributed by atoms with Crippen molar-refractivity contribution in [3.63, 3.8) is 0 Å². The van der Waals surface area contributed by atoms with Crippen LogP contribution in [0.2, 0.25) is 0 Å². The van der Waals surface area contributed by atoms with Gasteiger partial charge in [-0.1, -0.05) is 113 Å². The SMILES string of the molecule is CSCC[C@H](NC(=O)[C@H](CC(C)C)NC(=O)[C@H](Cc1ccc2ccccc2c1)NC(=O)[C@@H](NC(=O)[C@H](Cc1ccc2ccccc2c1)NC(=O)[C@@H]1CCCN1C(C)=O)C(C)C)C(=O)O. The van der Waals surface area contributed by atoms with Crippen LogP contribution in [0.15, 0.2) is 84.9 Å². The molecule has 0 bridgehead atoms. The molecule has 5 rings (SSSR count). The number of carboxylic acid groups (broad SMARTS) is 1. The van der Waals surface area contributed by atoms with Crippen LogP contribution in [0.5, 0.6) is 0 Å². The van der Waals surface area contributed by atoms with Gasteiger partial charge < -0.3 is 36.6 Å². The molecule has 4 aromatic rings. The zero-order valence-corrected chi connectivity index (χ0v) is 38.3. The highest BCUT2D eigenvalue weighted by molar-refractivity contribution is 7.98. The number of hydrogen-bond acceptors (Lipinski definition) is 8. The first-order valence-electron chi connectivity index (χ1n) is 22.0. The Kier molecular flexibility index (Phi) is 17.7. The van der Waals surface area contributed by atoms with Crippen LogP contribution in [0.4, 0.5) is 0 Å². The Morgan fingerprint density at radius 3 is 1.67 bits per heavy atom. The molecule has 0 aliphatic carbocycles. The maximum atomic E-state index is 14.4. The summed E-state index contributed by atoms with van der Waals surface area (Å²) in [7, 11) is 0. The Bertz CT molecular complexity index is 2320. The zero-order chi connectivity index (χ0) is 46.5. The second-order valence-corrected chi connectivity index (χ2v) is 18.4. The average Bonchev–Trinajstić information content (AvgIpc) is 3.77. The fraction of sp³-hybridized carbons (Fsp3) is 0.449. The maximum Gasteiger partial charge on any atom is 0.326 e. The van der Waals surface area contributed by atoms with E-state index in [0.29, 0.717) is 25.1 Å². The first kappa shape index (κ1) is 49.1. The van der Waals surface area contributed by atoms with Gasteiger partial charge in [0.25, 0.3) is 0 Å².